The number of allylic oxidation sites excluding steroid dienone is 12. The van der Waals surface area contributed by atoms with Crippen molar-refractivity contribution in [2.24, 2.45) is 26.8 Å². The first-order valence-electron chi connectivity index (χ1n) is 16.5. The highest BCUT2D eigenvalue weighted by Gasteiger charge is 2.41. The van der Waals surface area contributed by atoms with Gasteiger partial charge in [-0.2, -0.15) is 0 Å². The number of amides is 1. The number of rotatable bonds is 10. The number of aliphatic carboxylic acids is 1. The molecule has 0 spiro atoms. The number of fused-ring (bicyclic) bond motifs is 5. The topological polar surface area (TPSA) is 153 Å². The van der Waals surface area contributed by atoms with Crippen LogP contribution in [0, 0.1) is 11.8 Å². The fraction of sp³-hybridized carbons (Fsp3) is 0.368. The van der Waals surface area contributed by atoms with E-state index in [-0.39, 0.29) is 55.1 Å². The van der Waals surface area contributed by atoms with Gasteiger partial charge in [0.25, 0.3) is 0 Å². The fourth-order valence-corrected chi connectivity index (χ4v) is 7.29. The first-order chi connectivity index (χ1) is 22.9. The van der Waals surface area contributed by atoms with Gasteiger partial charge in [0, 0.05) is 59.2 Å². The van der Waals surface area contributed by atoms with Crippen molar-refractivity contribution >= 4 is 34.8 Å². The van der Waals surface area contributed by atoms with Gasteiger partial charge in [-0.25, -0.2) is 15.0 Å². The average Bonchev–Trinajstić information content (AvgIpc) is 3.80. The van der Waals surface area contributed by atoms with E-state index in [9.17, 15) is 19.5 Å². The number of aliphatic hydroxyl groups is 1. The van der Waals surface area contributed by atoms with Gasteiger partial charge < -0.3 is 20.8 Å². The number of carbonyl (C=O) groups excluding carboxylic acids is 2. The summed E-state index contributed by atoms with van der Waals surface area (Å²) in [6.07, 6.45) is 9.33. The first-order valence-corrected chi connectivity index (χ1v) is 16.5. The highest BCUT2D eigenvalue weighted by molar-refractivity contribution is 6.21. The lowest BCUT2D eigenvalue weighted by molar-refractivity contribution is -0.138. The molecule has 5 aliphatic heterocycles. The molecule has 2 atom stereocenters. The number of carbonyl (C=O) groups is 3. The standard InChI is InChI=1S/C38H41N5O5/c1-7-23-18(3)27-14-29-20(5)25(10-11-34(46)39-17-22(44)9-12-35(47)48)37(42-29)26-13-33(45)36-21(6)30(43-38(26)36)16-32-24(8-2)19(4)28(41-32)15-31(23)40-27/h7,14-16,20,25,42,45H,1,8-13,17H2,2-6H3,(H,39,46)(H,47,48)/t20-,25-/m0/s1. The molecule has 0 aromatic carbocycles. The summed E-state index contributed by atoms with van der Waals surface area (Å²) in [6, 6.07) is 0. The number of aliphatic hydroxyl groups excluding tert-OH is 1. The summed E-state index contributed by atoms with van der Waals surface area (Å²) in [5, 5.41) is 26.4. The van der Waals surface area contributed by atoms with Gasteiger partial charge in [-0.05, 0) is 74.1 Å². The molecule has 0 saturated carbocycles. The van der Waals surface area contributed by atoms with E-state index in [2.05, 4.69) is 44.1 Å². The van der Waals surface area contributed by atoms with Crippen LogP contribution in [-0.4, -0.2) is 51.6 Å². The summed E-state index contributed by atoms with van der Waals surface area (Å²) in [5.74, 6) is -1.51. The van der Waals surface area contributed by atoms with E-state index in [1.807, 2.05) is 32.1 Å². The SMILES string of the molecule is C=CC1=C(C)C2=NC1=CC1=NC(=CC3=C(C)C4=C(O)CC(=C5NC(=C2)[C@@H](C)[C@@H]5CCC(=O)NCC(=O)CCC(=O)O)C4=N3)C(CC)=C1C. The van der Waals surface area contributed by atoms with Crippen LogP contribution in [0.4, 0.5) is 0 Å². The summed E-state index contributed by atoms with van der Waals surface area (Å²) in [6.45, 7) is 14.2. The van der Waals surface area contributed by atoms with Crippen molar-refractivity contribution in [1.82, 2.24) is 10.6 Å². The number of ketones is 1. The number of carboxylic acid groups (broad SMARTS) is 1. The normalized spacial score (nSPS) is 22.9. The third-order valence-electron chi connectivity index (χ3n) is 10.1. The molecule has 48 heavy (non-hydrogen) atoms. The molecule has 0 aromatic heterocycles. The molecular weight excluding hydrogens is 606 g/mol. The molecule has 1 saturated heterocycles. The zero-order chi connectivity index (χ0) is 34.4. The van der Waals surface area contributed by atoms with Crippen molar-refractivity contribution < 1.29 is 24.6 Å². The zero-order valence-corrected chi connectivity index (χ0v) is 28.1. The summed E-state index contributed by atoms with van der Waals surface area (Å²) >= 11 is 0. The van der Waals surface area contributed by atoms with Gasteiger partial charge in [-0.3, -0.25) is 14.4 Å². The van der Waals surface area contributed by atoms with Gasteiger partial charge in [0.05, 0.1) is 47.2 Å². The van der Waals surface area contributed by atoms with Crippen molar-refractivity contribution in [2.45, 2.75) is 73.1 Å². The molecule has 1 fully saturated rings. The Morgan fingerprint density at radius 3 is 2.44 bits per heavy atom. The number of carboxylic acids is 1. The largest absolute Gasteiger partial charge is 0.511 e. The van der Waals surface area contributed by atoms with Gasteiger partial charge in [-0.15, -0.1) is 0 Å². The molecule has 8 bridgehead atoms. The molecule has 4 N–H and O–H groups in total. The Labute approximate surface area is 280 Å². The zero-order valence-electron chi connectivity index (χ0n) is 28.1. The summed E-state index contributed by atoms with van der Waals surface area (Å²) in [5.41, 5.74) is 13.4. The maximum atomic E-state index is 12.9. The van der Waals surface area contributed by atoms with E-state index >= 15 is 0 Å². The second-order valence-electron chi connectivity index (χ2n) is 13.0. The molecule has 10 nitrogen and oxygen atoms in total. The monoisotopic (exact) mass is 647 g/mol. The highest BCUT2D eigenvalue weighted by atomic mass is 16.4. The number of hydrogen-bond acceptors (Lipinski definition) is 8. The van der Waals surface area contributed by atoms with E-state index in [1.165, 1.54) is 0 Å². The van der Waals surface area contributed by atoms with Crippen LogP contribution in [0.25, 0.3) is 0 Å². The van der Waals surface area contributed by atoms with E-state index in [1.54, 1.807) is 0 Å². The Hall–Kier alpha value is -5.12. The quantitative estimate of drug-likeness (QED) is 0.222. The Morgan fingerprint density at radius 2 is 1.73 bits per heavy atom. The van der Waals surface area contributed by atoms with Crippen molar-refractivity contribution in [3.05, 3.63) is 104 Å². The van der Waals surface area contributed by atoms with Crippen LogP contribution in [0.3, 0.4) is 0 Å². The third-order valence-corrected chi connectivity index (χ3v) is 10.1. The maximum absolute atomic E-state index is 12.9. The van der Waals surface area contributed by atoms with Crippen LogP contribution in [-0.2, 0) is 14.4 Å². The third kappa shape index (κ3) is 5.80. The van der Waals surface area contributed by atoms with Crippen molar-refractivity contribution in [3.63, 3.8) is 0 Å². The predicted molar refractivity (Wildman–Crippen MR) is 186 cm³/mol. The minimum atomic E-state index is -1.05. The molecule has 248 valence electrons. The van der Waals surface area contributed by atoms with E-state index < -0.39 is 5.97 Å². The second-order valence-corrected chi connectivity index (χ2v) is 13.0. The Bertz CT molecular complexity index is 1930. The number of nitrogens with one attached hydrogen (secondary N) is 2. The average molecular weight is 648 g/mol. The molecule has 0 aromatic rings. The smallest absolute Gasteiger partial charge is 0.303 e. The Balaban J connectivity index is 1.41. The highest BCUT2D eigenvalue weighted by Crippen LogP contribution is 2.46. The first kappa shape index (κ1) is 32.8. The van der Waals surface area contributed by atoms with Gasteiger partial charge in [0.1, 0.15) is 5.76 Å². The number of Topliss-reactive ketones (excluding diaryl/α,β-unsaturated/α-hetero) is 1. The molecule has 1 amide bonds. The molecule has 5 heterocycles. The molecule has 0 unspecified atom stereocenters. The van der Waals surface area contributed by atoms with Gasteiger partial charge >= 0.3 is 5.97 Å². The van der Waals surface area contributed by atoms with Gasteiger partial charge in [-0.1, -0.05) is 26.5 Å². The molecule has 10 heteroatoms. The number of nitrogens with zero attached hydrogens (tertiary/aromatic N) is 3. The molecule has 0 radical (unpaired) electrons. The van der Waals surface area contributed by atoms with Crippen molar-refractivity contribution in [2.75, 3.05) is 6.54 Å². The molecule has 6 rings (SSSR count). The summed E-state index contributed by atoms with van der Waals surface area (Å²) in [4.78, 5) is 50.9. The van der Waals surface area contributed by atoms with Crippen molar-refractivity contribution in [3.8, 4) is 0 Å². The van der Waals surface area contributed by atoms with Crippen LogP contribution in [0.5, 0.6) is 0 Å². The van der Waals surface area contributed by atoms with Crippen LogP contribution in [0.2, 0.25) is 0 Å². The van der Waals surface area contributed by atoms with Gasteiger partial charge in [0.15, 0.2) is 5.78 Å². The number of aliphatic imine (C=N–C) groups is 3. The summed E-state index contributed by atoms with van der Waals surface area (Å²) in [7, 11) is 0. The second kappa shape index (κ2) is 12.8. The van der Waals surface area contributed by atoms with Crippen LogP contribution in [0.15, 0.2) is 119 Å². The Kier molecular flexibility index (Phi) is 8.76. The summed E-state index contributed by atoms with van der Waals surface area (Å²) < 4.78 is 0. The lowest BCUT2D eigenvalue weighted by Gasteiger charge is -2.18. The maximum Gasteiger partial charge on any atom is 0.303 e. The number of hydrogen-bond donors (Lipinski definition) is 4. The molecule has 1 aliphatic carbocycles. The predicted octanol–water partition coefficient (Wildman–Crippen LogP) is 6.17. The van der Waals surface area contributed by atoms with Crippen LogP contribution in [0.1, 0.15) is 73.1 Å². The van der Waals surface area contributed by atoms with E-state index in [0.29, 0.717) is 12.8 Å². The van der Waals surface area contributed by atoms with Crippen LogP contribution < -0.4 is 10.6 Å². The molecule has 6 aliphatic rings. The van der Waals surface area contributed by atoms with Crippen LogP contribution >= 0.6 is 0 Å². The van der Waals surface area contributed by atoms with Gasteiger partial charge in [0.2, 0.25) is 5.91 Å². The van der Waals surface area contributed by atoms with E-state index in [0.717, 1.165) is 91.1 Å². The minimum absolute atomic E-state index is 0.0228. The van der Waals surface area contributed by atoms with E-state index in [4.69, 9.17) is 20.1 Å². The molecular formula is C38H41N5O5. The Morgan fingerprint density at radius 1 is 1.00 bits per heavy atom. The lowest BCUT2D eigenvalue weighted by atomic mass is 9.86. The van der Waals surface area contributed by atoms with Crippen molar-refractivity contribution in [1.29, 1.82) is 0 Å². The minimum Gasteiger partial charge on any atom is -0.511 e. The lowest BCUT2D eigenvalue weighted by Crippen LogP contribution is -2.30. The fourth-order valence-electron chi connectivity index (χ4n) is 7.29.